The molecule has 2 heterocycles. The monoisotopic (exact) mass is 477 g/mol. The highest BCUT2D eigenvalue weighted by molar-refractivity contribution is 6.46. The van der Waals surface area contributed by atoms with Crippen LogP contribution >= 0.6 is 11.6 Å². The zero-order valence-electron chi connectivity index (χ0n) is 18.2. The van der Waals surface area contributed by atoms with Crippen LogP contribution < -0.4 is 14.2 Å². The van der Waals surface area contributed by atoms with Crippen LogP contribution in [0.4, 0.5) is 0 Å². The van der Waals surface area contributed by atoms with Gasteiger partial charge in [0.1, 0.15) is 11.5 Å². The molecular weight excluding hydrogens is 458 g/mol. The van der Waals surface area contributed by atoms with Crippen molar-refractivity contribution >= 4 is 29.1 Å². The van der Waals surface area contributed by atoms with E-state index in [-0.39, 0.29) is 24.7 Å². The number of hydrogen-bond acceptors (Lipinski definition) is 6. The van der Waals surface area contributed by atoms with Gasteiger partial charge in [0.25, 0.3) is 11.7 Å². The molecule has 2 aliphatic heterocycles. The number of hydrogen-bond donors (Lipinski definition) is 1. The van der Waals surface area contributed by atoms with Crippen LogP contribution in [0.3, 0.4) is 0 Å². The molecular formula is C26H20ClNO6. The number of halogens is 1. The largest absolute Gasteiger partial charge is 0.507 e. The van der Waals surface area contributed by atoms with E-state index < -0.39 is 17.7 Å². The second kappa shape index (κ2) is 8.76. The van der Waals surface area contributed by atoms with E-state index >= 15 is 0 Å². The third-order valence-corrected chi connectivity index (χ3v) is 6.14. The average molecular weight is 478 g/mol. The van der Waals surface area contributed by atoms with Crippen LogP contribution in [0.25, 0.3) is 5.76 Å². The maximum atomic E-state index is 13.2. The van der Waals surface area contributed by atoms with E-state index in [4.69, 9.17) is 25.8 Å². The number of fused-ring (bicyclic) bond motifs is 1. The van der Waals surface area contributed by atoms with Crippen LogP contribution in [0, 0.1) is 0 Å². The van der Waals surface area contributed by atoms with Gasteiger partial charge in [0, 0.05) is 17.1 Å². The van der Waals surface area contributed by atoms with Crippen LogP contribution in [0.15, 0.2) is 72.3 Å². The van der Waals surface area contributed by atoms with E-state index in [9.17, 15) is 14.7 Å². The maximum Gasteiger partial charge on any atom is 0.295 e. The number of carbonyl (C=O) groups excluding carboxylic acids is 2. The van der Waals surface area contributed by atoms with Crippen LogP contribution in [0.5, 0.6) is 17.2 Å². The van der Waals surface area contributed by atoms with Gasteiger partial charge in [-0.3, -0.25) is 9.59 Å². The zero-order valence-corrected chi connectivity index (χ0v) is 18.9. The first kappa shape index (κ1) is 21.9. The van der Waals surface area contributed by atoms with Crippen LogP contribution in [-0.4, -0.2) is 35.6 Å². The second-order valence-corrected chi connectivity index (χ2v) is 8.33. The molecule has 1 saturated heterocycles. The number of carbonyl (C=O) groups is 2. The van der Waals surface area contributed by atoms with Gasteiger partial charge in [-0.15, -0.1) is 0 Å². The molecule has 0 aromatic heterocycles. The van der Waals surface area contributed by atoms with E-state index in [1.807, 2.05) is 12.1 Å². The Morgan fingerprint density at radius 3 is 2.44 bits per heavy atom. The quantitative estimate of drug-likeness (QED) is 0.326. The lowest BCUT2D eigenvalue weighted by Gasteiger charge is -2.25. The third kappa shape index (κ3) is 3.84. The molecule has 0 aliphatic carbocycles. The highest BCUT2D eigenvalue weighted by Crippen LogP contribution is 2.42. The van der Waals surface area contributed by atoms with E-state index in [0.717, 1.165) is 5.56 Å². The van der Waals surface area contributed by atoms with E-state index in [1.165, 1.54) is 4.90 Å². The summed E-state index contributed by atoms with van der Waals surface area (Å²) in [4.78, 5) is 27.8. The SMILES string of the molecule is COc1ccc(CN2C(=O)C(=O)/C(=C(\O)c3ccc4c(c3)OCO4)C2c2ccc(Cl)cc2)cc1. The number of Topliss-reactive ketones (excluding diaryl/α,β-unsaturated/α-hetero) is 1. The molecule has 1 fully saturated rings. The molecule has 2 aliphatic rings. The van der Waals surface area contributed by atoms with Crippen LogP contribution in [0.2, 0.25) is 5.02 Å². The van der Waals surface area contributed by atoms with Crippen molar-refractivity contribution in [2.75, 3.05) is 13.9 Å². The Labute approximate surface area is 200 Å². The number of aliphatic hydroxyl groups excluding tert-OH is 1. The number of methoxy groups -OCH3 is 1. The number of ether oxygens (including phenoxy) is 3. The van der Waals surface area contributed by atoms with Gasteiger partial charge in [0.05, 0.1) is 18.7 Å². The first-order valence-electron chi connectivity index (χ1n) is 10.5. The van der Waals surface area contributed by atoms with Crippen molar-refractivity contribution in [3.05, 3.63) is 94.0 Å². The lowest BCUT2D eigenvalue weighted by Crippen LogP contribution is -2.29. The highest BCUT2D eigenvalue weighted by atomic mass is 35.5. The average Bonchev–Trinajstić information content (AvgIpc) is 3.42. The Bertz CT molecular complexity index is 1300. The molecule has 0 spiro atoms. The summed E-state index contributed by atoms with van der Waals surface area (Å²) < 4.78 is 15.9. The number of nitrogens with zero attached hydrogens (tertiary/aromatic N) is 1. The molecule has 1 atom stereocenters. The minimum atomic E-state index is -0.801. The Hall–Kier alpha value is -3.97. The smallest absolute Gasteiger partial charge is 0.295 e. The predicted molar refractivity (Wildman–Crippen MR) is 125 cm³/mol. The summed E-state index contributed by atoms with van der Waals surface area (Å²) in [6.45, 7) is 0.246. The van der Waals surface area contributed by atoms with E-state index in [0.29, 0.717) is 33.4 Å². The fourth-order valence-electron chi connectivity index (χ4n) is 4.16. The minimum Gasteiger partial charge on any atom is -0.507 e. The summed E-state index contributed by atoms with van der Waals surface area (Å²) in [5.74, 6) is -0.0521. The number of ketones is 1. The lowest BCUT2D eigenvalue weighted by atomic mass is 9.95. The molecule has 0 saturated carbocycles. The molecule has 3 aromatic rings. The van der Waals surface area contributed by atoms with Crippen molar-refractivity contribution in [3.63, 3.8) is 0 Å². The standard InChI is InChI=1S/C26H20ClNO6/c1-32-19-9-2-15(3-10-19)13-28-23(16-4-7-18(27)8-5-16)22(25(30)26(28)31)24(29)17-6-11-20-21(12-17)34-14-33-20/h2-12,23,29H,13-14H2,1H3/b24-22-. The number of rotatable bonds is 5. The molecule has 3 aromatic carbocycles. The van der Waals surface area contributed by atoms with Gasteiger partial charge in [-0.2, -0.15) is 0 Å². The molecule has 7 nitrogen and oxygen atoms in total. The van der Waals surface area contributed by atoms with Crippen molar-refractivity contribution in [1.82, 2.24) is 4.90 Å². The van der Waals surface area contributed by atoms with Gasteiger partial charge in [0.2, 0.25) is 6.79 Å². The third-order valence-electron chi connectivity index (χ3n) is 5.88. The van der Waals surface area contributed by atoms with E-state index in [2.05, 4.69) is 0 Å². The van der Waals surface area contributed by atoms with Crippen LogP contribution in [0.1, 0.15) is 22.7 Å². The normalized spacial score (nSPS) is 18.4. The van der Waals surface area contributed by atoms with Gasteiger partial charge in [-0.1, -0.05) is 35.9 Å². The van der Waals surface area contributed by atoms with Gasteiger partial charge >= 0.3 is 0 Å². The summed E-state index contributed by atoms with van der Waals surface area (Å²) in [5.41, 5.74) is 1.81. The van der Waals surface area contributed by atoms with Crippen molar-refractivity contribution in [1.29, 1.82) is 0 Å². The van der Waals surface area contributed by atoms with Crippen molar-refractivity contribution in [3.8, 4) is 17.2 Å². The van der Waals surface area contributed by atoms with Crippen molar-refractivity contribution in [2.24, 2.45) is 0 Å². The molecule has 172 valence electrons. The number of likely N-dealkylation sites (tertiary alicyclic amines) is 1. The number of benzene rings is 3. The summed E-state index contributed by atoms with van der Waals surface area (Å²) in [7, 11) is 1.57. The topological polar surface area (TPSA) is 85.3 Å². The Balaban J connectivity index is 1.60. The van der Waals surface area contributed by atoms with Crippen molar-refractivity contribution < 1.29 is 28.9 Å². The fraction of sp³-hybridized carbons (Fsp3) is 0.154. The molecule has 0 bridgehead atoms. The predicted octanol–water partition coefficient (Wildman–Crippen LogP) is 4.70. The lowest BCUT2D eigenvalue weighted by molar-refractivity contribution is -0.140. The van der Waals surface area contributed by atoms with Gasteiger partial charge in [0.15, 0.2) is 11.5 Å². The molecule has 1 N–H and O–H groups in total. The van der Waals surface area contributed by atoms with Gasteiger partial charge in [-0.05, 0) is 53.6 Å². The molecule has 1 amide bonds. The number of aliphatic hydroxyl groups is 1. The molecule has 8 heteroatoms. The number of amides is 1. The maximum absolute atomic E-state index is 13.2. The highest BCUT2D eigenvalue weighted by Gasteiger charge is 2.46. The fourth-order valence-corrected chi connectivity index (χ4v) is 4.29. The Morgan fingerprint density at radius 2 is 1.74 bits per heavy atom. The van der Waals surface area contributed by atoms with Crippen molar-refractivity contribution in [2.45, 2.75) is 12.6 Å². The van der Waals surface area contributed by atoms with Crippen LogP contribution in [-0.2, 0) is 16.1 Å². The molecule has 5 rings (SSSR count). The second-order valence-electron chi connectivity index (χ2n) is 7.89. The Kier molecular flexibility index (Phi) is 5.63. The molecule has 34 heavy (non-hydrogen) atoms. The van der Waals surface area contributed by atoms with Gasteiger partial charge in [-0.25, -0.2) is 0 Å². The zero-order chi connectivity index (χ0) is 23.8. The summed E-state index contributed by atoms with van der Waals surface area (Å²) in [5, 5.41) is 11.7. The molecule has 1 unspecified atom stereocenters. The Morgan fingerprint density at radius 1 is 1.03 bits per heavy atom. The van der Waals surface area contributed by atoms with E-state index in [1.54, 1.807) is 61.7 Å². The summed E-state index contributed by atoms with van der Waals surface area (Å²) in [6.07, 6.45) is 0. The molecule has 0 radical (unpaired) electrons. The first-order valence-corrected chi connectivity index (χ1v) is 10.9. The minimum absolute atomic E-state index is 0.000278. The first-order chi connectivity index (χ1) is 16.5. The summed E-state index contributed by atoms with van der Waals surface area (Å²) in [6, 6.07) is 18.2. The van der Waals surface area contributed by atoms with Gasteiger partial charge < -0.3 is 24.2 Å². The summed E-state index contributed by atoms with van der Waals surface area (Å²) >= 11 is 6.07.